The van der Waals surface area contributed by atoms with Gasteiger partial charge in [-0.05, 0) is 12.7 Å². The van der Waals surface area contributed by atoms with Crippen LogP contribution in [0, 0.1) is 0 Å². The molecule has 0 spiro atoms. The lowest BCUT2D eigenvalue weighted by Gasteiger charge is -2.01. The summed E-state index contributed by atoms with van der Waals surface area (Å²) in [6.07, 6.45) is 1.31. The molecule has 0 aliphatic rings. The Bertz CT molecular complexity index is 45.8. The summed E-state index contributed by atoms with van der Waals surface area (Å²) in [6.45, 7) is 7.92. The Morgan fingerprint density at radius 1 is 1.50 bits per heavy atom. The van der Waals surface area contributed by atoms with Crippen molar-refractivity contribution in [3.63, 3.8) is 0 Å². The maximum atomic E-state index is 3.34. The van der Waals surface area contributed by atoms with Crippen LogP contribution in [-0.4, -0.2) is 22.2 Å². The first kappa shape index (κ1) is 8.18. The fourth-order valence-electron chi connectivity index (χ4n) is 0.568. The standard InChI is InChI=1S/C6H17NSi/c1-4-7-5-8-6(2)3/h6-7H,4-5,8H2,1-3H3. The van der Waals surface area contributed by atoms with Gasteiger partial charge in [-0.2, -0.15) is 0 Å². The molecule has 0 aromatic heterocycles. The molecule has 2 heteroatoms. The predicted molar refractivity (Wildman–Crippen MR) is 42.2 cm³/mol. The SMILES string of the molecule is CCNC[SiH2]C(C)C. The summed E-state index contributed by atoms with van der Waals surface area (Å²) in [6, 6.07) is 0. The highest BCUT2D eigenvalue weighted by Crippen LogP contribution is 1.93. The molecule has 1 nitrogen and oxygen atoms in total. The Labute approximate surface area is 54.7 Å². The van der Waals surface area contributed by atoms with Gasteiger partial charge in [0.1, 0.15) is 0 Å². The van der Waals surface area contributed by atoms with E-state index in [0.29, 0.717) is 0 Å². The normalized spacial score (nSPS) is 12.0. The molecule has 0 heterocycles. The molecule has 0 saturated heterocycles. The average Bonchev–Trinajstić information content (AvgIpc) is 1.66. The molecule has 0 saturated carbocycles. The van der Waals surface area contributed by atoms with Crippen molar-refractivity contribution in [3.8, 4) is 0 Å². The molecule has 0 rings (SSSR count). The van der Waals surface area contributed by atoms with E-state index in [4.69, 9.17) is 0 Å². The minimum absolute atomic E-state index is 0.224. The number of hydrogen-bond acceptors (Lipinski definition) is 1. The molecule has 0 amide bonds. The average molecular weight is 131 g/mol. The Kier molecular flexibility index (Phi) is 5.43. The Balaban J connectivity index is 2.72. The van der Waals surface area contributed by atoms with Crippen molar-refractivity contribution >= 4 is 9.52 Å². The van der Waals surface area contributed by atoms with Gasteiger partial charge in [0.15, 0.2) is 0 Å². The lowest BCUT2D eigenvalue weighted by atomic mass is 10.6. The van der Waals surface area contributed by atoms with Gasteiger partial charge >= 0.3 is 0 Å². The molecule has 0 fully saturated rings. The lowest BCUT2D eigenvalue weighted by molar-refractivity contribution is 0.820. The molecule has 50 valence electrons. The van der Waals surface area contributed by atoms with Crippen molar-refractivity contribution in [2.75, 3.05) is 12.7 Å². The van der Waals surface area contributed by atoms with Crippen LogP contribution in [0.15, 0.2) is 0 Å². The van der Waals surface area contributed by atoms with Crippen molar-refractivity contribution in [3.05, 3.63) is 0 Å². The van der Waals surface area contributed by atoms with Crippen LogP contribution in [0.3, 0.4) is 0 Å². The molecule has 1 N–H and O–H groups in total. The van der Waals surface area contributed by atoms with Crippen LogP contribution in [0.5, 0.6) is 0 Å². The monoisotopic (exact) mass is 131 g/mol. The van der Waals surface area contributed by atoms with Crippen LogP contribution in [0.1, 0.15) is 20.8 Å². The van der Waals surface area contributed by atoms with E-state index in [2.05, 4.69) is 26.1 Å². The molecule has 8 heavy (non-hydrogen) atoms. The third kappa shape index (κ3) is 6.18. The highest BCUT2D eigenvalue weighted by atomic mass is 28.2. The minimum Gasteiger partial charge on any atom is -0.320 e. The second kappa shape index (κ2) is 5.32. The highest BCUT2D eigenvalue weighted by Gasteiger charge is 1.90. The Morgan fingerprint density at radius 3 is 2.50 bits per heavy atom. The van der Waals surface area contributed by atoms with Gasteiger partial charge in [0, 0.05) is 9.52 Å². The van der Waals surface area contributed by atoms with Gasteiger partial charge in [0.25, 0.3) is 0 Å². The molecule has 0 aromatic rings. The van der Waals surface area contributed by atoms with E-state index >= 15 is 0 Å². The van der Waals surface area contributed by atoms with E-state index in [1.54, 1.807) is 0 Å². The Hall–Kier alpha value is 0.177. The van der Waals surface area contributed by atoms with Crippen LogP contribution in [0.2, 0.25) is 5.54 Å². The molecule has 0 radical (unpaired) electrons. The number of rotatable bonds is 4. The minimum atomic E-state index is 0.224. The fraction of sp³-hybridized carbons (Fsp3) is 1.00. The summed E-state index contributed by atoms with van der Waals surface area (Å²) < 4.78 is 0. The largest absolute Gasteiger partial charge is 0.320 e. The van der Waals surface area contributed by atoms with E-state index in [0.717, 1.165) is 12.1 Å². The number of hydrogen-bond donors (Lipinski definition) is 1. The third-order valence-electron chi connectivity index (χ3n) is 1.15. The summed E-state index contributed by atoms with van der Waals surface area (Å²) in [4.78, 5) is 0. The van der Waals surface area contributed by atoms with E-state index < -0.39 is 0 Å². The zero-order valence-electron chi connectivity index (χ0n) is 6.20. The third-order valence-corrected chi connectivity index (χ3v) is 2.95. The van der Waals surface area contributed by atoms with E-state index in [9.17, 15) is 0 Å². The van der Waals surface area contributed by atoms with E-state index in [1.807, 2.05) is 0 Å². The van der Waals surface area contributed by atoms with Gasteiger partial charge < -0.3 is 5.32 Å². The maximum absolute atomic E-state index is 3.34. The zero-order chi connectivity index (χ0) is 6.41. The van der Waals surface area contributed by atoms with Gasteiger partial charge in [-0.25, -0.2) is 0 Å². The molecule has 0 aliphatic heterocycles. The van der Waals surface area contributed by atoms with Crippen LogP contribution in [0.25, 0.3) is 0 Å². The van der Waals surface area contributed by atoms with Gasteiger partial charge in [-0.15, -0.1) is 0 Å². The fourth-order valence-corrected chi connectivity index (χ4v) is 1.70. The van der Waals surface area contributed by atoms with E-state index in [-0.39, 0.29) is 9.52 Å². The zero-order valence-corrected chi connectivity index (χ0v) is 7.61. The second-order valence-electron chi connectivity index (χ2n) is 2.54. The van der Waals surface area contributed by atoms with Crippen LogP contribution < -0.4 is 5.32 Å². The van der Waals surface area contributed by atoms with Crippen LogP contribution >= 0.6 is 0 Å². The highest BCUT2D eigenvalue weighted by molar-refractivity contribution is 6.37. The van der Waals surface area contributed by atoms with Crippen molar-refractivity contribution in [1.82, 2.24) is 5.32 Å². The molecular formula is C6H17NSi. The van der Waals surface area contributed by atoms with Crippen molar-refractivity contribution in [1.29, 1.82) is 0 Å². The van der Waals surface area contributed by atoms with Gasteiger partial charge in [-0.3, -0.25) is 0 Å². The maximum Gasteiger partial charge on any atom is 0.0391 e. The molecule has 0 unspecified atom stereocenters. The predicted octanol–water partition coefficient (Wildman–Crippen LogP) is 0.550. The number of nitrogens with one attached hydrogen (secondary N) is 1. The van der Waals surface area contributed by atoms with Gasteiger partial charge in [-0.1, -0.05) is 26.3 Å². The molecular weight excluding hydrogens is 114 g/mol. The smallest absolute Gasteiger partial charge is 0.0391 e. The quantitative estimate of drug-likeness (QED) is 0.434. The first-order valence-electron chi connectivity index (χ1n) is 3.48. The van der Waals surface area contributed by atoms with Gasteiger partial charge in [0.05, 0.1) is 0 Å². The summed E-state index contributed by atoms with van der Waals surface area (Å²) in [5, 5.41) is 3.34. The molecule has 0 aliphatic carbocycles. The van der Waals surface area contributed by atoms with Crippen LogP contribution in [-0.2, 0) is 0 Å². The van der Waals surface area contributed by atoms with Crippen LogP contribution in [0.4, 0.5) is 0 Å². The lowest BCUT2D eigenvalue weighted by Crippen LogP contribution is -2.20. The summed E-state index contributed by atoms with van der Waals surface area (Å²) in [5.74, 6) is 0. The van der Waals surface area contributed by atoms with Gasteiger partial charge in [0.2, 0.25) is 0 Å². The van der Waals surface area contributed by atoms with Crippen molar-refractivity contribution in [2.45, 2.75) is 26.3 Å². The first-order chi connectivity index (χ1) is 3.77. The Morgan fingerprint density at radius 2 is 2.12 bits per heavy atom. The second-order valence-corrected chi connectivity index (χ2v) is 5.25. The summed E-state index contributed by atoms with van der Waals surface area (Å²) >= 11 is 0. The molecule has 0 aromatic carbocycles. The van der Waals surface area contributed by atoms with E-state index in [1.165, 1.54) is 6.17 Å². The summed E-state index contributed by atoms with van der Waals surface area (Å²) in [5.41, 5.74) is 0.981. The molecule has 0 bridgehead atoms. The topological polar surface area (TPSA) is 12.0 Å². The molecule has 0 atom stereocenters. The first-order valence-corrected chi connectivity index (χ1v) is 5.29. The van der Waals surface area contributed by atoms with Crippen molar-refractivity contribution < 1.29 is 0 Å². The van der Waals surface area contributed by atoms with Crippen molar-refractivity contribution in [2.24, 2.45) is 0 Å². The summed E-state index contributed by atoms with van der Waals surface area (Å²) in [7, 11) is 0.224.